The van der Waals surface area contributed by atoms with Crippen LogP contribution in [0.2, 0.25) is 0 Å². The minimum absolute atomic E-state index is 0.437. The Kier molecular flexibility index (Phi) is 4.14. The molecule has 1 aliphatic carbocycles. The molecule has 1 aromatic heterocycles. The van der Waals surface area contributed by atoms with Crippen LogP contribution in [0.5, 0.6) is 0 Å². The molecule has 0 spiro atoms. The van der Waals surface area contributed by atoms with Gasteiger partial charge in [0.25, 0.3) is 0 Å². The van der Waals surface area contributed by atoms with Crippen LogP contribution in [0, 0.1) is 24.2 Å². The molecular weight excluding hydrogens is 224 g/mol. The highest BCUT2D eigenvalue weighted by Gasteiger charge is 2.20. The molecule has 4 nitrogen and oxygen atoms in total. The zero-order valence-corrected chi connectivity index (χ0v) is 11.1. The molecule has 0 aliphatic heterocycles. The highest BCUT2D eigenvalue weighted by Crippen LogP contribution is 2.27. The number of aryl methyl sites for hydroxylation is 1. The Balaban J connectivity index is 1.98. The zero-order valence-electron chi connectivity index (χ0n) is 11.1. The standard InChI is InChI=1S/C14H20N4/c1-3-11-4-6-12(7-5-11)17-14-16-10(2)8-13(9-15)18-14/h8,11-12H,3-7H2,1-2H3,(H,16,17,18). The van der Waals surface area contributed by atoms with Crippen LogP contribution in [0.1, 0.15) is 50.4 Å². The van der Waals surface area contributed by atoms with Crippen molar-refractivity contribution in [2.24, 2.45) is 5.92 Å². The van der Waals surface area contributed by atoms with E-state index in [2.05, 4.69) is 28.3 Å². The van der Waals surface area contributed by atoms with E-state index in [1.807, 2.05) is 6.92 Å². The second-order valence-electron chi connectivity index (χ2n) is 5.10. The van der Waals surface area contributed by atoms with Gasteiger partial charge in [-0.25, -0.2) is 9.97 Å². The minimum Gasteiger partial charge on any atom is -0.351 e. The van der Waals surface area contributed by atoms with Gasteiger partial charge in [0.15, 0.2) is 0 Å². The number of rotatable bonds is 3. The van der Waals surface area contributed by atoms with Gasteiger partial charge in [-0.2, -0.15) is 5.26 Å². The summed E-state index contributed by atoms with van der Waals surface area (Å²) in [4.78, 5) is 8.54. The Morgan fingerprint density at radius 2 is 2.06 bits per heavy atom. The smallest absolute Gasteiger partial charge is 0.224 e. The summed E-state index contributed by atoms with van der Waals surface area (Å²) in [5, 5.41) is 12.3. The number of anilines is 1. The van der Waals surface area contributed by atoms with Gasteiger partial charge < -0.3 is 5.32 Å². The highest BCUT2D eigenvalue weighted by atomic mass is 15.1. The first-order chi connectivity index (χ1) is 8.71. The summed E-state index contributed by atoms with van der Waals surface area (Å²) in [6, 6.07) is 4.24. The lowest BCUT2D eigenvalue weighted by Crippen LogP contribution is -2.27. The van der Waals surface area contributed by atoms with Gasteiger partial charge in [-0.05, 0) is 44.6 Å². The summed E-state index contributed by atoms with van der Waals surface area (Å²) >= 11 is 0. The van der Waals surface area contributed by atoms with Crippen molar-refractivity contribution in [1.82, 2.24) is 9.97 Å². The minimum atomic E-state index is 0.437. The van der Waals surface area contributed by atoms with E-state index in [0.29, 0.717) is 17.7 Å². The predicted molar refractivity (Wildman–Crippen MR) is 71.1 cm³/mol. The van der Waals surface area contributed by atoms with Crippen molar-refractivity contribution in [2.45, 2.75) is 52.0 Å². The van der Waals surface area contributed by atoms with Crippen LogP contribution < -0.4 is 5.32 Å². The lowest BCUT2D eigenvalue weighted by molar-refractivity contribution is 0.329. The second-order valence-corrected chi connectivity index (χ2v) is 5.10. The molecule has 4 heteroatoms. The van der Waals surface area contributed by atoms with Gasteiger partial charge in [0.2, 0.25) is 5.95 Å². The first kappa shape index (κ1) is 12.8. The Bertz CT molecular complexity index is 442. The zero-order chi connectivity index (χ0) is 13.0. The maximum absolute atomic E-state index is 8.89. The summed E-state index contributed by atoms with van der Waals surface area (Å²) in [7, 11) is 0. The predicted octanol–water partition coefficient (Wildman–Crippen LogP) is 3.04. The molecule has 1 saturated carbocycles. The number of hydrogen-bond acceptors (Lipinski definition) is 4. The van der Waals surface area contributed by atoms with Crippen molar-refractivity contribution >= 4 is 5.95 Å². The third-order valence-electron chi connectivity index (χ3n) is 3.73. The highest BCUT2D eigenvalue weighted by molar-refractivity contribution is 5.33. The van der Waals surface area contributed by atoms with Gasteiger partial charge in [0.1, 0.15) is 11.8 Å². The Morgan fingerprint density at radius 1 is 1.33 bits per heavy atom. The van der Waals surface area contributed by atoms with E-state index < -0.39 is 0 Å². The van der Waals surface area contributed by atoms with Gasteiger partial charge in [-0.3, -0.25) is 0 Å². The molecule has 1 fully saturated rings. The van der Waals surface area contributed by atoms with Crippen molar-refractivity contribution in [2.75, 3.05) is 5.32 Å². The van der Waals surface area contributed by atoms with E-state index in [4.69, 9.17) is 5.26 Å². The molecular formula is C14H20N4. The fourth-order valence-electron chi connectivity index (χ4n) is 2.59. The van der Waals surface area contributed by atoms with Crippen LogP contribution in [0.3, 0.4) is 0 Å². The normalized spacial score (nSPS) is 23.4. The first-order valence-electron chi connectivity index (χ1n) is 6.73. The summed E-state index contributed by atoms with van der Waals surface area (Å²) in [5.41, 5.74) is 1.28. The van der Waals surface area contributed by atoms with Crippen molar-refractivity contribution in [3.8, 4) is 6.07 Å². The van der Waals surface area contributed by atoms with E-state index in [9.17, 15) is 0 Å². The average Bonchev–Trinajstić information content (AvgIpc) is 2.39. The van der Waals surface area contributed by atoms with Crippen LogP contribution in [0.15, 0.2) is 6.07 Å². The largest absolute Gasteiger partial charge is 0.351 e. The molecule has 1 N–H and O–H groups in total. The summed E-state index contributed by atoms with van der Waals surface area (Å²) in [5.74, 6) is 1.49. The van der Waals surface area contributed by atoms with Gasteiger partial charge in [0, 0.05) is 11.7 Å². The first-order valence-corrected chi connectivity index (χ1v) is 6.73. The van der Waals surface area contributed by atoms with Gasteiger partial charge >= 0.3 is 0 Å². The Labute approximate surface area is 108 Å². The van der Waals surface area contributed by atoms with E-state index in [1.54, 1.807) is 6.07 Å². The summed E-state index contributed by atoms with van der Waals surface area (Å²) < 4.78 is 0. The fraction of sp³-hybridized carbons (Fsp3) is 0.643. The number of nitrogens with zero attached hydrogens (tertiary/aromatic N) is 3. The number of aromatic nitrogens is 2. The van der Waals surface area contributed by atoms with Crippen molar-refractivity contribution in [3.63, 3.8) is 0 Å². The molecule has 1 aromatic rings. The van der Waals surface area contributed by atoms with E-state index in [-0.39, 0.29) is 0 Å². The van der Waals surface area contributed by atoms with Gasteiger partial charge in [0.05, 0.1) is 0 Å². The lowest BCUT2D eigenvalue weighted by atomic mass is 9.85. The molecule has 0 amide bonds. The van der Waals surface area contributed by atoms with Gasteiger partial charge in [-0.1, -0.05) is 13.3 Å². The Hall–Kier alpha value is -1.63. The number of nitriles is 1. The van der Waals surface area contributed by atoms with Crippen molar-refractivity contribution in [3.05, 3.63) is 17.5 Å². The van der Waals surface area contributed by atoms with Crippen LogP contribution in [0.4, 0.5) is 5.95 Å². The average molecular weight is 244 g/mol. The third kappa shape index (κ3) is 3.19. The lowest BCUT2D eigenvalue weighted by Gasteiger charge is -2.28. The number of nitrogens with one attached hydrogen (secondary N) is 1. The van der Waals surface area contributed by atoms with E-state index >= 15 is 0 Å². The molecule has 0 radical (unpaired) electrons. The molecule has 0 unspecified atom stereocenters. The second kappa shape index (κ2) is 5.81. The van der Waals surface area contributed by atoms with Crippen LogP contribution in [0.25, 0.3) is 0 Å². The van der Waals surface area contributed by atoms with Crippen LogP contribution in [-0.4, -0.2) is 16.0 Å². The number of hydrogen-bond donors (Lipinski definition) is 1. The van der Waals surface area contributed by atoms with Crippen molar-refractivity contribution in [1.29, 1.82) is 5.26 Å². The maximum Gasteiger partial charge on any atom is 0.224 e. The Morgan fingerprint density at radius 3 is 2.67 bits per heavy atom. The molecule has 1 heterocycles. The molecule has 0 saturated heterocycles. The maximum atomic E-state index is 8.89. The monoisotopic (exact) mass is 244 g/mol. The molecule has 0 bridgehead atoms. The van der Waals surface area contributed by atoms with Crippen LogP contribution >= 0.6 is 0 Å². The summed E-state index contributed by atoms with van der Waals surface area (Å²) in [6.45, 7) is 4.16. The van der Waals surface area contributed by atoms with Gasteiger partial charge in [-0.15, -0.1) is 0 Å². The molecule has 0 aromatic carbocycles. The SMILES string of the molecule is CCC1CCC(Nc2nc(C)cc(C#N)n2)CC1. The van der Waals surface area contributed by atoms with Crippen LogP contribution in [-0.2, 0) is 0 Å². The quantitative estimate of drug-likeness (QED) is 0.887. The molecule has 18 heavy (non-hydrogen) atoms. The van der Waals surface area contributed by atoms with Crippen molar-refractivity contribution < 1.29 is 0 Å². The molecule has 0 atom stereocenters. The summed E-state index contributed by atoms with van der Waals surface area (Å²) in [6.07, 6.45) is 6.21. The fourth-order valence-corrected chi connectivity index (χ4v) is 2.59. The molecule has 2 rings (SSSR count). The molecule has 96 valence electrons. The molecule has 1 aliphatic rings. The third-order valence-corrected chi connectivity index (χ3v) is 3.73. The van der Waals surface area contributed by atoms with E-state index in [1.165, 1.54) is 32.1 Å². The topological polar surface area (TPSA) is 61.6 Å². The van der Waals surface area contributed by atoms with E-state index in [0.717, 1.165) is 11.6 Å².